The van der Waals surface area contributed by atoms with Crippen molar-refractivity contribution in [1.29, 1.82) is 0 Å². The molecule has 12 heteroatoms. The predicted molar refractivity (Wildman–Crippen MR) is 111 cm³/mol. The molecule has 1 amide bonds. The summed E-state index contributed by atoms with van der Waals surface area (Å²) in [5, 5.41) is 15.0. The number of methoxy groups -OCH3 is 1. The maximum atomic E-state index is 12.4. The van der Waals surface area contributed by atoms with E-state index in [-0.39, 0.29) is 26.8 Å². The van der Waals surface area contributed by atoms with E-state index in [0.29, 0.717) is 0 Å². The molecular weight excluding hydrogens is 448 g/mol. The molecule has 0 aliphatic carbocycles. The lowest BCUT2D eigenvalue weighted by Gasteiger charge is -2.08. The average Bonchev–Trinajstić information content (AvgIpc) is 3.21. The zero-order valence-electron chi connectivity index (χ0n) is 15.8. The van der Waals surface area contributed by atoms with Gasteiger partial charge in [0.2, 0.25) is 0 Å². The van der Waals surface area contributed by atoms with Crippen molar-refractivity contribution in [3.8, 4) is 5.75 Å². The number of anilines is 1. The molecule has 1 aromatic heterocycles. The fraction of sp³-hybridized carbons (Fsp3) is 0.0526. The molecule has 0 spiro atoms. The first kappa shape index (κ1) is 21.9. The van der Waals surface area contributed by atoms with Gasteiger partial charge >= 0.3 is 16.1 Å². The van der Waals surface area contributed by atoms with E-state index in [0.717, 1.165) is 23.5 Å². The molecular formula is C19H14N2O8S2. The van der Waals surface area contributed by atoms with Crippen molar-refractivity contribution in [2.24, 2.45) is 0 Å². The molecule has 1 N–H and O–H groups in total. The molecule has 0 radical (unpaired) electrons. The minimum Gasteiger partial charge on any atom is -0.465 e. The lowest BCUT2D eigenvalue weighted by atomic mass is 10.2. The molecule has 0 bridgehead atoms. The van der Waals surface area contributed by atoms with E-state index < -0.39 is 32.6 Å². The van der Waals surface area contributed by atoms with E-state index in [1.54, 1.807) is 11.4 Å². The molecule has 2 aromatic carbocycles. The van der Waals surface area contributed by atoms with Gasteiger partial charge in [-0.1, -0.05) is 6.07 Å². The van der Waals surface area contributed by atoms with Gasteiger partial charge in [0, 0.05) is 17.7 Å². The molecule has 31 heavy (non-hydrogen) atoms. The summed E-state index contributed by atoms with van der Waals surface area (Å²) in [5.41, 5.74) is 0.0778. The van der Waals surface area contributed by atoms with E-state index in [1.807, 2.05) is 0 Å². The molecule has 0 saturated heterocycles. The van der Waals surface area contributed by atoms with Crippen molar-refractivity contribution in [2.75, 3.05) is 12.4 Å². The van der Waals surface area contributed by atoms with Gasteiger partial charge in [0.25, 0.3) is 11.6 Å². The normalized spacial score (nSPS) is 10.9. The Morgan fingerprint density at radius 1 is 1.10 bits per heavy atom. The number of amides is 1. The number of nitro groups is 1. The van der Waals surface area contributed by atoms with Gasteiger partial charge in [-0.2, -0.15) is 8.42 Å². The second kappa shape index (κ2) is 8.93. The third-order valence-corrected chi connectivity index (χ3v) is 6.06. The number of non-ortho nitro benzene ring substituents is 1. The van der Waals surface area contributed by atoms with Crippen molar-refractivity contribution in [3.05, 3.63) is 80.5 Å². The van der Waals surface area contributed by atoms with Gasteiger partial charge in [0.15, 0.2) is 0 Å². The van der Waals surface area contributed by atoms with E-state index in [2.05, 4.69) is 10.1 Å². The number of nitrogens with zero attached hydrogens (tertiary/aromatic N) is 1. The molecule has 0 atom stereocenters. The van der Waals surface area contributed by atoms with Crippen LogP contribution in [0.25, 0.3) is 0 Å². The first-order valence-electron chi connectivity index (χ1n) is 8.47. The number of carbonyl (C=O) groups excluding carboxylic acids is 2. The van der Waals surface area contributed by atoms with Crippen LogP contribution in [0.2, 0.25) is 0 Å². The van der Waals surface area contributed by atoms with Gasteiger partial charge in [0.1, 0.15) is 15.5 Å². The number of ether oxygens (including phenoxy) is 1. The number of hydrogen-bond donors (Lipinski definition) is 1. The van der Waals surface area contributed by atoms with Crippen LogP contribution in [0.3, 0.4) is 0 Å². The Morgan fingerprint density at radius 2 is 1.81 bits per heavy atom. The summed E-state index contributed by atoms with van der Waals surface area (Å²) in [7, 11) is -3.09. The summed E-state index contributed by atoms with van der Waals surface area (Å²) in [6.07, 6.45) is 0. The van der Waals surface area contributed by atoms with Crippen molar-refractivity contribution in [3.63, 3.8) is 0 Å². The van der Waals surface area contributed by atoms with Gasteiger partial charge in [-0.15, -0.1) is 11.3 Å². The number of thiophene rings is 1. The molecule has 3 rings (SSSR count). The van der Waals surface area contributed by atoms with Crippen LogP contribution in [0.5, 0.6) is 5.75 Å². The van der Waals surface area contributed by atoms with Gasteiger partial charge < -0.3 is 14.2 Å². The number of carbonyl (C=O) groups is 2. The number of nitrogens with one attached hydrogen (secondary N) is 1. The van der Waals surface area contributed by atoms with E-state index in [4.69, 9.17) is 4.18 Å². The van der Waals surface area contributed by atoms with Crippen LogP contribution in [-0.2, 0) is 14.9 Å². The highest BCUT2D eigenvalue weighted by Gasteiger charge is 2.20. The highest BCUT2D eigenvalue weighted by atomic mass is 32.2. The van der Waals surface area contributed by atoms with Crippen LogP contribution in [0.1, 0.15) is 20.0 Å². The van der Waals surface area contributed by atoms with Crippen LogP contribution in [0, 0.1) is 10.1 Å². The lowest BCUT2D eigenvalue weighted by molar-refractivity contribution is -0.385. The standard InChI is InChI=1S/C19H14N2O8S2/c1-28-19(23)17-16(9-10-30-17)20-18(22)12-5-7-14(8-6-12)29-31(26,27)15-4-2-3-13(11-15)21(24)25/h2-11H,1H3,(H,20,22). The third kappa shape index (κ3) is 5.05. The minimum atomic E-state index is -4.32. The second-order valence-corrected chi connectivity index (χ2v) is 8.39. The van der Waals surface area contributed by atoms with Gasteiger partial charge in [-0.3, -0.25) is 14.9 Å². The third-order valence-electron chi connectivity index (χ3n) is 3.92. The number of esters is 1. The fourth-order valence-electron chi connectivity index (χ4n) is 2.44. The number of nitro benzene ring substituents is 1. The summed E-state index contributed by atoms with van der Waals surface area (Å²) in [4.78, 5) is 34.1. The van der Waals surface area contributed by atoms with Gasteiger partial charge in [-0.25, -0.2) is 4.79 Å². The smallest absolute Gasteiger partial charge is 0.350 e. The van der Waals surface area contributed by atoms with Crippen molar-refractivity contribution in [1.82, 2.24) is 0 Å². The molecule has 10 nitrogen and oxygen atoms in total. The predicted octanol–water partition coefficient (Wildman–Crippen LogP) is 3.46. The Labute approximate surface area is 180 Å². The average molecular weight is 462 g/mol. The molecule has 160 valence electrons. The van der Waals surface area contributed by atoms with Crippen LogP contribution in [0.15, 0.2) is 64.9 Å². The molecule has 0 unspecified atom stereocenters. The minimum absolute atomic E-state index is 0.0890. The second-order valence-electron chi connectivity index (χ2n) is 5.93. The molecule has 0 saturated carbocycles. The maximum Gasteiger partial charge on any atom is 0.350 e. The zero-order valence-corrected chi connectivity index (χ0v) is 17.4. The number of benzene rings is 2. The molecule has 0 aliphatic rings. The molecule has 3 aromatic rings. The molecule has 1 heterocycles. The van der Waals surface area contributed by atoms with E-state index in [9.17, 15) is 28.1 Å². The van der Waals surface area contributed by atoms with Crippen LogP contribution >= 0.6 is 11.3 Å². The summed E-state index contributed by atoms with van der Waals surface area (Å²) in [5.74, 6) is -1.20. The highest BCUT2D eigenvalue weighted by Crippen LogP contribution is 2.25. The monoisotopic (exact) mass is 462 g/mol. The summed E-state index contributed by atoms with van der Waals surface area (Å²) in [6.45, 7) is 0. The quantitative estimate of drug-likeness (QED) is 0.243. The Bertz CT molecular complexity index is 1250. The van der Waals surface area contributed by atoms with Crippen LogP contribution in [-0.4, -0.2) is 32.3 Å². The lowest BCUT2D eigenvalue weighted by Crippen LogP contribution is -2.14. The molecule has 0 aliphatic heterocycles. The summed E-state index contributed by atoms with van der Waals surface area (Å²) >= 11 is 1.11. The first-order valence-corrected chi connectivity index (χ1v) is 10.8. The Morgan fingerprint density at radius 3 is 2.45 bits per heavy atom. The summed E-state index contributed by atoms with van der Waals surface area (Å²) < 4.78 is 34.4. The SMILES string of the molecule is COC(=O)c1sccc1NC(=O)c1ccc(OS(=O)(=O)c2cccc([N+](=O)[O-])c2)cc1. The summed E-state index contributed by atoms with van der Waals surface area (Å²) in [6, 6.07) is 11.2. The van der Waals surface area contributed by atoms with Crippen molar-refractivity contribution in [2.45, 2.75) is 4.90 Å². The van der Waals surface area contributed by atoms with Crippen LogP contribution < -0.4 is 9.50 Å². The fourth-order valence-corrected chi connectivity index (χ4v) is 4.18. The van der Waals surface area contributed by atoms with Gasteiger partial charge in [0.05, 0.1) is 17.7 Å². The number of rotatable bonds is 7. The van der Waals surface area contributed by atoms with Gasteiger partial charge in [-0.05, 0) is 41.8 Å². The Kier molecular flexibility index (Phi) is 6.32. The van der Waals surface area contributed by atoms with E-state index in [1.165, 1.54) is 43.5 Å². The zero-order chi connectivity index (χ0) is 22.6. The van der Waals surface area contributed by atoms with Crippen LogP contribution in [0.4, 0.5) is 11.4 Å². The molecule has 0 fully saturated rings. The Balaban J connectivity index is 1.74. The van der Waals surface area contributed by atoms with Crippen molar-refractivity contribution >= 4 is 44.7 Å². The Hall–Kier alpha value is -3.77. The number of hydrogen-bond acceptors (Lipinski definition) is 9. The topological polar surface area (TPSA) is 142 Å². The first-order chi connectivity index (χ1) is 14.7. The van der Waals surface area contributed by atoms with E-state index >= 15 is 0 Å². The van der Waals surface area contributed by atoms with Crippen molar-refractivity contribution < 1.29 is 31.9 Å². The largest absolute Gasteiger partial charge is 0.465 e. The highest BCUT2D eigenvalue weighted by molar-refractivity contribution is 7.87. The maximum absolute atomic E-state index is 12.4.